The maximum absolute atomic E-state index is 14.1. The number of hydrogen-bond donors (Lipinski definition) is 3. The highest BCUT2D eigenvalue weighted by Gasteiger charge is 2.25. The van der Waals surface area contributed by atoms with Crippen LogP contribution >= 0.6 is 0 Å². The van der Waals surface area contributed by atoms with Gasteiger partial charge in [-0.25, -0.2) is 14.5 Å². The van der Waals surface area contributed by atoms with Crippen LogP contribution in [0.2, 0.25) is 0 Å². The lowest BCUT2D eigenvalue weighted by atomic mass is 10.1. The maximum Gasteiger partial charge on any atom is 0.268 e. The van der Waals surface area contributed by atoms with E-state index in [2.05, 4.69) is 25.8 Å². The van der Waals surface area contributed by atoms with E-state index in [1.165, 1.54) is 20.0 Å². The first-order valence-corrected chi connectivity index (χ1v) is 12.6. The second-order valence-corrected chi connectivity index (χ2v) is 9.35. The lowest BCUT2D eigenvalue weighted by Gasteiger charge is -2.20. The molecule has 0 radical (unpaired) electrons. The molecule has 0 spiro atoms. The Morgan fingerprint density at radius 3 is 2.59 bits per heavy atom. The summed E-state index contributed by atoms with van der Waals surface area (Å²) in [6.45, 7) is 1.72. The average Bonchev–Trinajstić information content (AvgIpc) is 3.55. The van der Waals surface area contributed by atoms with Crippen molar-refractivity contribution in [1.29, 1.82) is 0 Å². The minimum atomic E-state index is -0.744. The molecule has 2 amide bonds. The van der Waals surface area contributed by atoms with Gasteiger partial charge in [0, 0.05) is 25.6 Å². The largest absolute Gasteiger partial charge is 0.381 e. The second kappa shape index (κ2) is 10.0. The van der Waals surface area contributed by atoms with Crippen molar-refractivity contribution in [3.05, 3.63) is 107 Å². The molecule has 13 heteroatoms. The zero-order valence-corrected chi connectivity index (χ0v) is 22.0. The van der Waals surface area contributed by atoms with E-state index in [0.29, 0.717) is 28.1 Å². The van der Waals surface area contributed by atoms with Crippen LogP contribution in [0.3, 0.4) is 0 Å². The maximum atomic E-state index is 14.1. The Hall–Kier alpha value is -5.85. The summed E-state index contributed by atoms with van der Waals surface area (Å²) in [7, 11) is 1.71. The lowest BCUT2D eigenvalue weighted by Crippen LogP contribution is -2.33. The van der Waals surface area contributed by atoms with Gasteiger partial charge in [0.1, 0.15) is 11.4 Å². The number of nitrogens with zero attached hydrogens (tertiary/aromatic N) is 7. The van der Waals surface area contributed by atoms with Crippen LogP contribution < -0.4 is 21.9 Å². The van der Waals surface area contributed by atoms with E-state index >= 15 is 0 Å². The third kappa shape index (κ3) is 4.54. The molecule has 0 bridgehead atoms. The van der Waals surface area contributed by atoms with Crippen LogP contribution in [-0.4, -0.2) is 45.7 Å². The molecule has 13 nitrogen and oxygen atoms in total. The molecule has 6 rings (SSSR count). The van der Waals surface area contributed by atoms with Gasteiger partial charge in [0.25, 0.3) is 17.4 Å². The molecule has 1 unspecified atom stereocenters. The van der Waals surface area contributed by atoms with E-state index in [9.17, 15) is 14.4 Å². The Bertz CT molecular complexity index is 2010. The number of rotatable bonds is 6. The van der Waals surface area contributed by atoms with E-state index < -0.39 is 23.4 Å². The highest BCUT2D eigenvalue weighted by Crippen LogP contribution is 2.24. The Morgan fingerprint density at radius 1 is 1.02 bits per heavy atom. The minimum absolute atomic E-state index is 0.0225. The molecule has 2 aromatic carbocycles. The standard InChI is InChI=1S/C28H24N10O3/c1-16(32-27(40)22-23(29)35-37-13-7-12-30-25(22)37)24-33-19-10-6-11-20(34-26(39)17-14-31-36(2)15-17)21(19)28(41)38(24)18-8-4-3-5-9-18/h3-16H,1-2H3,(H2,29,35)(H,32,40)(H,34,39). The van der Waals surface area contributed by atoms with Crippen molar-refractivity contribution in [2.75, 3.05) is 11.1 Å². The number of aryl methyl sites for hydroxylation is 1. The fourth-order valence-electron chi connectivity index (χ4n) is 4.66. The van der Waals surface area contributed by atoms with E-state index in [4.69, 9.17) is 10.7 Å². The highest BCUT2D eigenvalue weighted by atomic mass is 16.2. The molecule has 0 aliphatic heterocycles. The number of aromatic nitrogens is 7. The third-order valence-corrected chi connectivity index (χ3v) is 6.54. The summed E-state index contributed by atoms with van der Waals surface area (Å²) >= 11 is 0. The Kier molecular flexibility index (Phi) is 6.22. The van der Waals surface area contributed by atoms with Gasteiger partial charge in [-0.2, -0.15) is 5.10 Å². The van der Waals surface area contributed by atoms with Crippen molar-refractivity contribution in [3.63, 3.8) is 0 Å². The lowest BCUT2D eigenvalue weighted by molar-refractivity contribution is 0.0939. The van der Waals surface area contributed by atoms with Crippen molar-refractivity contribution in [1.82, 2.24) is 39.2 Å². The van der Waals surface area contributed by atoms with Crippen molar-refractivity contribution in [2.45, 2.75) is 13.0 Å². The highest BCUT2D eigenvalue weighted by molar-refractivity contribution is 6.08. The molecule has 6 aromatic rings. The first-order chi connectivity index (χ1) is 19.8. The van der Waals surface area contributed by atoms with Crippen LogP contribution in [-0.2, 0) is 7.05 Å². The van der Waals surface area contributed by atoms with E-state index in [-0.39, 0.29) is 22.6 Å². The number of fused-ring (bicyclic) bond motifs is 2. The summed E-state index contributed by atoms with van der Waals surface area (Å²) in [6, 6.07) is 14.9. The molecule has 0 aliphatic rings. The zero-order valence-electron chi connectivity index (χ0n) is 22.0. The molecule has 0 aliphatic carbocycles. The van der Waals surface area contributed by atoms with Crippen LogP contribution in [0.1, 0.15) is 39.5 Å². The number of nitrogen functional groups attached to an aromatic ring is 1. The quantitative estimate of drug-likeness (QED) is 0.285. The molecule has 4 aromatic heterocycles. The van der Waals surface area contributed by atoms with Gasteiger partial charge in [0.2, 0.25) is 0 Å². The molecule has 204 valence electrons. The van der Waals surface area contributed by atoms with Crippen LogP contribution in [0.25, 0.3) is 22.2 Å². The number of amides is 2. The van der Waals surface area contributed by atoms with E-state index in [1.54, 1.807) is 81.1 Å². The molecule has 0 saturated heterocycles. The molecule has 1 atom stereocenters. The number of benzene rings is 2. The SMILES string of the molecule is CC(NC(=O)c1c(N)nn2cccnc12)c1nc2cccc(NC(=O)c3cnn(C)c3)c2c(=O)n1-c1ccccc1. The van der Waals surface area contributed by atoms with Crippen molar-refractivity contribution >= 4 is 39.9 Å². The number of anilines is 2. The normalized spacial score (nSPS) is 12.0. The third-order valence-electron chi connectivity index (χ3n) is 6.54. The first-order valence-electron chi connectivity index (χ1n) is 12.6. The Balaban J connectivity index is 1.45. The molecular weight excluding hydrogens is 524 g/mol. The predicted molar refractivity (Wildman–Crippen MR) is 152 cm³/mol. The van der Waals surface area contributed by atoms with Gasteiger partial charge in [-0.05, 0) is 37.3 Å². The van der Waals surface area contributed by atoms with Gasteiger partial charge in [-0.3, -0.25) is 23.6 Å². The van der Waals surface area contributed by atoms with Crippen LogP contribution in [0.4, 0.5) is 11.5 Å². The van der Waals surface area contributed by atoms with E-state index in [1.807, 2.05) is 6.07 Å². The summed E-state index contributed by atoms with van der Waals surface area (Å²) in [6.07, 6.45) is 6.20. The molecule has 0 fully saturated rings. The van der Waals surface area contributed by atoms with Crippen LogP contribution in [0.15, 0.2) is 84.2 Å². The molecule has 0 saturated carbocycles. The molecule has 4 N–H and O–H groups in total. The number of para-hydroxylation sites is 1. The van der Waals surface area contributed by atoms with E-state index in [0.717, 1.165) is 0 Å². The summed E-state index contributed by atoms with van der Waals surface area (Å²) in [5.41, 5.74) is 7.57. The fourth-order valence-corrected chi connectivity index (χ4v) is 4.66. The second-order valence-electron chi connectivity index (χ2n) is 9.35. The smallest absolute Gasteiger partial charge is 0.268 e. The van der Waals surface area contributed by atoms with Gasteiger partial charge < -0.3 is 16.4 Å². The number of nitrogens with one attached hydrogen (secondary N) is 2. The summed E-state index contributed by atoms with van der Waals surface area (Å²) in [4.78, 5) is 49.4. The molecule has 41 heavy (non-hydrogen) atoms. The Morgan fingerprint density at radius 2 is 1.83 bits per heavy atom. The number of hydrogen-bond acceptors (Lipinski definition) is 8. The topological polar surface area (TPSA) is 167 Å². The fraction of sp³-hybridized carbons (Fsp3) is 0.107. The average molecular weight is 549 g/mol. The van der Waals surface area contributed by atoms with Gasteiger partial charge in [-0.15, -0.1) is 5.10 Å². The number of nitrogens with two attached hydrogens (primary N) is 1. The number of carbonyl (C=O) groups excluding carboxylic acids is 2. The number of carbonyl (C=O) groups is 2. The van der Waals surface area contributed by atoms with Crippen molar-refractivity contribution in [3.8, 4) is 5.69 Å². The van der Waals surface area contributed by atoms with Gasteiger partial charge >= 0.3 is 0 Å². The summed E-state index contributed by atoms with van der Waals surface area (Å²) in [5, 5.41) is 14.1. The minimum Gasteiger partial charge on any atom is -0.381 e. The molecular formula is C28H24N10O3. The summed E-state index contributed by atoms with van der Waals surface area (Å²) < 4.78 is 4.36. The molecule has 4 heterocycles. The monoisotopic (exact) mass is 548 g/mol. The Labute approximate surface area is 232 Å². The van der Waals surface area contributed by atoms with Gasteiger partial charge in [0.05, 0.1) is 40.1 Å². The summed E-state index contributed by atoms with van der Waals surface area (Å²) in [5.74, 6) is -0.633. The van der Waals surface area contributed by atoms with Crippen molar-refractivity contribution in [2.24, 2.45) is 7.05 Å². The first kappa shape index (κ1) is 25.4. The van der Waals surface area contributed by atoms with Crippen LogP contribution in [0, 0.1) is 0 Å². The van der Waals surface area contributed by atoms with Gasteiger partial charge in [-0.1, -0.05) is 24.3 Å². The predicted octanol–water partition coefficient (Wildman–Crippen LogP) is 2.49. The van der Waals surface area contributed by atoms with Gasteiger partial charge in [0.15, 0.2) is 11.5 Å². The van der Waals surface area contributed by atoms with Crippen LogP contribution in [0.5, 0.6) is 0 Å². The van der Waals surface area contributed by atoms with Crippen molar-refractivity contribution < 1.29 is 9.59 Å². The zero-order chi connectivity index (χ0) is 28.7.